The first-order valence-corrected chi connectivity index (χ1v) is 8.42. The Morgan fingerprint density at radius 3 is 2.61 bits per heavy atom. The Morgan fingerprint density at radius 2 is 1.78 bits per heavy atom. The van der Waals surface area contributed by atoms with Crippen LogP contribution in [-0.4, -0.2) is 13.2 Å². The Kier molecular flexibility index (Phi) is 3.97. The van der Waals surface area contributed by atoms with Crippen LogP contribution in [0.15, 0.2) is 68.7 Å². The highest BCUT2D eigenvalue weighted by Crippen LogP contribution is 2.43. The second kappa shape index (κ2) is 6.26. The molecule has 2 aromatic rings. The summed E-state index contributed by atoms with van der Waals surface area (Å²) in [7, 11) is 0. The summed E-state index contributed by atoms with van der Waals surface area (Å²) in [5.41, 5.74) is 1.04. The molecule has 2 heterocycles. The monoisotopic (exact) mass is 344 g/mol. The van der Waals surface area contributed by atoms with Crippen LogP contribution in [-0.2, 0) is 0 Å². The first-order valence-electron chi connectivity index (χ1n) is 7.22. The number of fused-ring (bicyclic) bond motifs is 1. The minimum Gasteiger partial charge on any atom is -0.486 e. The number of halogens is 1. The van der Waals surface area contributed by atoms with Crippen LogP contribution in [0.2, 0.25) is 5.02 Å². The number of hydrogen-bond donors (Lipinski definition) is 0. The minimum absolute atomic E-state index is 0.105. The molecule has 4 nitrogen and oxygen atoms in total. The number of nitrogens with zero attached hydrogens (tertiary/aromatic N) is 2. The van der Waals surface area contributed by atoms with E-state index in [1.54, 1.807) is 18.0 Å². The standard InChI is InChI=1S/C17H13ClN2O2S/c18-12-2-4-13(5-3-12)23-16-10-19-20-17(16)11-1-6-14-15(9-11)22-8-7-21-14/h1-6,9-10,17H,7-8H2. The maximum atomic E-state index is 5.93. The lowest BCUT2D eigenvalue weighted by atomic mass is 10.1. The molecule has 116 valence electrons. The van der Waals surface area contributed by atoms with Crippen molar-refractivity contribution in [2.24, 2.45) is 10.2 Å². The largest absolute Gasteiger partial charge is 0.486 e. The summed E-state index contributed by atoms with van der Waals surface area (Å²) in [4.78, 5) is 2.18. The fourth-order valence-corrected chi connectivity index (χ4v) is 3.53. The molecular formula is C17H13ClN2O2S. The molecule has 0 aliphatic carbocycles. The summed E-state index contributed by atoms with van der Waals surface area (Å²) in [6.07, 6.45) is 1.81. The van der Waals surface area contributed by atoms with Crippen LogP contribution in [0.3, 0.4) is 0 Å². The van der Waals surface area contributed by atoms with E-state index in [9.17, 15) is 0 Å². The van der Waals surface area contributed by atoms with E-state index in [4.69, 9.17) is 21.1 Å². The zero-order valence-electron chi connectivity index (χ0n) is 12.1. The van der Waals surface area contributed by atoms with E-state index in [1.165, 1.54) is 0 Å². The molecule has 6 heteroatoms. The Morgan fingerprint density at radius 1 is 1.00 bits per heavy atom. The molecule has 2 aliphatic heterocycles. The lowest BCUT2D eigenvalue weighted by Gasteiger charge is -2.20. The van der Waals surface area contributed by atoms with Gasteiger partial charge in [0, 0.05) is 14.8 Å². The molecule has 2 aromatic carbocycles. The molecule has 0 fully saturated rings. The quantitative estimate of drug-likeness (QED) is 0.763. The number of hydrogen-bond acceptors (Lipinski definition) is 5. The van der Waals surface area contributed by atoms with Gasteiger partial charge in [-0.15, -0.1) is 0 Å². The average molecular weight is 345 g/mol. The predicted octanol–water partition coefficient (Wildman–Crippen LogP) is 5.25. The minimum atomic E-state index is -0.105. The fraction of sp³-hybridized carbons (Fsp3) is 0.176. The van der Waals surface area contributed by atoms with Gasteiger partial charge in [0.2, 0.25) is 0 Å². The zero-order valence-corrected chi connectivity index (χ0v) is 13.7. The summed E-state index contributed by atoms with van der Waals surface area (Å²) in [5.74, 6) is 1.55. The molecule has 0 aromatic heterocycles. The van der Waals surface area contributed by atoms with Gasteiger partial charge in [-0.3, -0.25) is 0 Å². The van der Waals surface area contributed by atoms with Gasteiger partial charge in [0.1, 0.15) is 19.3 Å². The number of rotatable bonds is 3. The van der Waals surface area contributed by atoms with Crippen molar-refractivity contribution in [2.45, 2.75) is 10.9 Å². The van der Waals surface area contributed by atoms with E-state index in [0.29, 0.717) is 13.2 Å². The summed E-state index contributed by atoms with van der Waals surface area (Å²) in [6, 6.07) is 13.6. The van der Waals surface area contributed by atoms with Crippen molar-refractivity contribution in [2.75, 3.05) is 13.2 Å². The third kappa shape index (κ3) is 3.07. The first kappa shape index (κ1) is 14.6. The van der Waals surface area contributed by atoms with Gasteiger partial charge >= 0.3 is 0 Å². The molecule has 0 radical (unpaired) electrons. The van der Waals surface area contributed by atoms with Crippen molar-refractivity contribution in [3.8, 4) is 11.5 Å². The third-order valence-electron chi connectivity index (χ3n) is 3.57. The Bertz CT molecular complexity index is 790. The van der Waals surface area contributed by atoms with Gasteiger partial charge in [0.15, 0.2) is 11.5 Å². The van der Waals surface area contributed by atoms with Gasteiger partial charge in [-0.2, -0.15) is 10.2 Å². The van der Waals surface area contributed by atoms with E-state index >= 15 is 0 Å². The van der Waals surface area contributed by atoms with Crippen molar-refractivity contribution in [3.63, 3.8) is 0 Å². The van der Waals surface area contributed by atoms with E-state index < -0.39 is 0 Å². The normalized spacial score (nSPS) is 18.8. The molecule has 0 spiro atoms. The second-order valence-corrected chi connectivity index (χ2v) is 6.71. The van der Waals surface area contributed by atoms with Crippen LogP contribution < -0.4 is 9.47 Å². The van der Waals surface area contributed by atoms with Crippen molar-refractivity contribution in [1.29, 1.82) is 0 Å². The Labute approximate surface area is 143 Å². The van der Waals surface area contributed by atoms with Gasteiger partial charge in [-0.1, -0.05) is 29.4 Å². The molecule has 0 saturated heterocycles. The zero-order chi connectivity index (χ0) is 15.6. The van der Waals surface area contributed by atoms with Crippen LogP contribution in [0.5, 0.6) is 11.5 Å². The van der Waals surface area contributed by atoms with Crippen LogP contribution >= 0.6 is 23.4 Å². The first-order chi connectivity index (χ1) is 11.3. The summed E-state index contributed by atoms with van der Waals surface area (Å²) >= 11 is 7.58. The molecule has 0 amide bonds. The van der Waals surface area contributed by atoms with E-state index in [0.717, 1.165) is 31.9 Å². The van der Waals surface area contributed by atoms with Crippen molar-refractivity contribution >= 4 is 23.4 Å². The van der Waals surface area contributed by atoms with Gasteiger partial charge in [0.05, 0.1) is 6.20 Å². The molecule has 1 unspecified atom stereocenters. The van der Waals surface area contributed by atoms with E-state index in [2.05, 4.69) is 10.2 Å². The highest BCUT2D eigenvalue weighted by atomic mass is 35.5. The summed E-state index contributed by atoms with van der Waals surface area (Å²) in [5, 5.41) is 9.16. The smallest absolute Gasteiger partial charge is 0.161 e. The maximum Gasteiger partial charge on any atom is 0.161 e. The van der Waals surface area contributed by atoms with Gasteiger partial charge in [-0.05, 0) is 42.0 Å². The van der Waals surface area contributed by atoms with Gasteiger partial charge < -0.3 is 9.47 Å². The van der Waals surface area contributed by atoms with Gasteiger partial charge in [-0.25, -0.2) is 0 Å². The summed E-state index contributed by atoms with van der Waals surface area (Å²) in [6.45, 7) is 1.16. The topological polar surface area (TPSA) is 43.2 Å². The van der Waals surface area contributed by atoms with Gasteiger partial charge in [0.25, 0.3) is 0 Å². The predicted molar refractivity (Wildman–Crippen MR) is 90.4 cm³/mol. The average Bonchev–Trinajstić information content (AvgIpc) is 3.05. The third-order valence-corrected chi connectivity index (χ3v) is 4.89. The maximum absolute atomic E-state index is 5.93. The molecule has 0 saturated carbocycles. The number of benzene rings is 2. The molecular weight excluding hydrogens is 332 g/mol. The second-order valence-electron chi connectivity index (χ2n) is 5.12. The van der Waals surface area contributed by atoms with Crippen LogP contribution in [0, 0.1) is 0 Å². The molecule has 0 N–H and O–H groups in total. The number of thioether (sulfide) groups is 1. The molecule has 23 heavy (non-hydrogen) atoms. The lowest BCUT2D eigenvalue weighted by molar-refractivity contribution is 0.171. The van der Waals surface area contributed by atoms with Crippen LogP contribution in [0.1, 0.15) is 11.6 Å². The number of azo groups is 1. The van der Waals surface area contributed by atoms with Crippen molar-refractivity contribution < 1.29 is 9.47 Å². The molecule has 1 atom stereocenters. The van der Waals surface area contributed by atoms with E-state index in [1.807, 2.05) is 42.5 Å². The Balaban J connectivity index is 1.57. The fourth-order valence-electron chi connectivity index (χ4n) is 2.47. The molecule has 2 aliphatic rings. The van der Waals surface area contributed by atoms with Crippen molar-refractivity contribution in [1.82, 2.24) is 0 Å². The SMILES string of the molecule is Clc1ccc(SC2=CN=NC2c2ccc3c(c2)OCCO3)cc1. The van der Waals surface area contributed by atoms with Crippen molar-refractivity contribution in [3.05, 3.63) is 64.2 Å². The van der Waals surface area contributed by atoms with E-state index in [-0.39, 0.29) is 6.04 Å². The Hall–Kier alpha value is -1.98. The number of ether oxygens (including phenoxy) is 2. The summed E-state index contributed by atoms with van der Waals surface area (Å²) < 4.78 is 11.2. The van der Waals surface area contributed by atoms with Crippen LogP contribution in [0.25, 0.3) is 0 Å². The molecule has 0 bridgehead atoms. The van der Waals surface area contributed by atoms with Crippen LogP contribution in [0.4, 0.5) is 0 Å². The highest BCUT2D eigenvalue weighted by molar-refractivity contribution is 8.03. The lowest BCUT2D eigenvalue weighted by Crippen LogP contribution is -2.15. The molecule has 4 rings (SSSR count). The highest BCUT2D eigenvalue weighted by Gasteiger charge is 2.23.